The predicted octanol–water partition coefficient (Wildman–Crippen LogP) is 2.99. The Bertz CT molecular complexity index is 402. The van der Waals surface area contributed by atoms with Gasteiger partial charge in [0.2, 0.25) is 0 Å². The quantitative estimate of drug-likeness (QED) is 0.785. The highest BCUT2D eigenvalue weighted by Gasteiger charge is 2.20. The summed E-state index contributed by atoms with van der Waals surface area (Å²) in [7, 11) is 0. The Morgan fingerprint density at radius 2 is 2.10 bits per heavy atom. The molecule has 0 bridgehead atoms. The molecule has 1 aliphatic heterocycles. The summed E-state index contributed by atoms with van der Waals surface area (Å²) in [6.07, 6.45) is 2.32. The molecule has 0 spiro atoms. The number of nitrogens with one attached hydrogen (secondary N) is 1. The van der Waals surface area contributed by atoms with E-state index >= 15 is 0 Å². The minimum absolute atomic E-state index is 0.541. The maximum absolute atomic E-state index is 5.43. The van der Waals surface area contributed by atoms with Crippen LogP contribution in [-0.2, 0) is 11.3 Å². The molecule has 2 heterocycles. The maximum Gasteiger partial charge on any atom is 0.185 e. The van der Waals surface area contributed by atoms with Crippen LogP contribution >= 0.6 is 11.3 Å². The number of hydrogen-bond donors (Lipinski definition) is 1. The smallest absolute Gasteiger partial charge is 0.185 e. The van der Waals surface area contributed by atoms with Crippen molar-refractivity contribution in [3.63, 3.8) is 0 Å². The summed E-state index contributed by atoms with van der Waals surface area (Å²) in [4.78, 5) is 8.71. The van der Waals surface area contributed by atoms with E-state index in [0.717, 1.165) is 45.8 Å². The highest BCUT2D eigenvalue weighted by molar-refractivity contribution is 7.15. The van der Waals surface area contributed by atoms with Crippen LogP contribution in [0.25, 0.3) is 0 Å². The van der Waals surface area contributed by atoms with Gasteiger partial charge in [0.25, 0.3) is 0 Å². The Morgan fingerprint density at radius 3 is 2.75 bits per heavy atom. The lowest BCUT2D eigenvalue weighted by molar-refractivity contribution is 0.122. The number of rotatable bonds is 7. The van der Waals surface area contributed by atoms with Gasteiger partial charge in [0.1, 0.15) is 0 Å². The Hall–Kier alpha value is -0.650. The van der Waals surface area contributed by atoms with Crippen LogP contribution in [0.4, 0.5) is 5.13 Å². The van der Waals surface area contributed by atoms with E-state index in [1.807, 2.05) is 11.3 Å². The summed E-state index contributed by atoms with van der Waals surface area (Å²) in [5, 5.41) is 4.69. The van der Waals surface area contributed by atoms with Crippen molar-refractivity contribution in [2.45, 2.75) is 46.1 Å². The van der Waals surface area contributed by atoms with E-state index in [4.69, 9.17) is 9.72 Å². The third-order valence-electron chi connectivity index (χ3n) is 3.79. The van der Waals surface area contributed by atoms with Gasteiger partial charge in [-0.1, -0.05) is 20.8 Å². The molecule has 1 fully saturated rings. The number of aromatic nitrogens is 1. The molecule has 0 amide bonds. The molecule has 4 nitrogen and oxygen atoms in total. The predicted molar refractivity (Wildman–Crippen MR) is 85.8 cm³/mol. The maximum atomic E-state index is 5.43. The van der Waals surface area contributed by atoms with E-state index in [2.05, 4.69) is 31.0 Å². The van der Waals surface area contributed by atoms with Crippen LogP contribution in [0.1, 0.15) is 50.1 Å². The molecule has 114 valence electrons. The average molecular weight is 297 g/mol. The Labute approximate surface area is 126 Å². The molecule has 20 heavy (non-hydrogen) atoms. The fourth-order valence-corrected chi connectivity index (χ4v) is 3.53. The molecule has 1 atom stereocenters. The first-order valence-electron chi connectivity index (χ1n) is 7.79. The third kappa shape index (κ3) is 3.93. The first-order valence-corrected chi connectivity index (χ1v) is 8.60. The average Bonchev–Trinajstić information content (AvgIpc) is 2.92. The minimum Gasteiger partial charge on any atom is -0.378 e. The molecule has 1 aromatic heterocycles. The zero-order valence-electron chi connectivity index (χ0n) is 12.9. The molecule has 1 aromatic rings. The largest absolute Gasteiger partial charge is 0.378 e. The second-order valence-electron chi connectivity index (χ2n) is 5.39. The number of anilines is 1. The van der Waals surface area contributed by atoms with Crippen LogP contribution in [0.15, 0.2) is 0 Å². The van der Waals surface area contributed by atoms with Crippen molar-refractivity contribution in [1.82, 2.24) is 10.3 Å². The normalized spacial score (nSPS) is 17.4. The summed E-state index contributed by atoms with van der Waals surface area (Å²) in [5.41, 5.74) is 1.29. The summed E-state index contributed by atoms with van der Waals surface area (Å²) in [6, 6.07) is 0. The Balaban J connectivity index is 2.12. The van der Waals surface area contributed by atoms with Crippen molar-refractivity contribution in [3.05, 3.63) is 10.6 Å². The molecule has 1 saturated heterocycles. The number of hydrogen-bond acceptors (Lipinski definition) is 5. The topological polar surface area (TPSA) is 37.4 Å². The zero-order valence-corrected chi connectivity index (χ0v) is 13.8. The number of thiazole rings is 1. The number of ether oxygens (including phenoxy) is 1. The van der Waals surface area contributed by atoms with Crippen LogP contribution < -0.4 is 10.2 Å². The molecule has 1 N–H and O–H groups in total. The van der Waals surface area contributed by atoms with Crippen LogP contribution in [0.5, 0.6) is 0 Å². The molecule has 0 saturated carbocycles. The first-order chi connectivity index (χ1) is 9.76. The summed E-state index contributed by atoms with van der Waals surface area (Å²) in [6.45, 7) is 12.3. The van der Waals surface area contributed by atoms with Gasteiger partial charge in [0, 0.05) is 24.5 Å². The monoisotopic (exact) mass is 297 g/mol. The van der Waals surface area contributed by atoms with Gasteiger partial charge in [-0.25, -0.2) is 4.98 Å². The lowest BCUT2D eigenvalue weighted by Crippen LogP contribution is -2.36. The van der Waals surface area contributed by atoms with Gasteiger partial charge in [0.15, 0.2) is 5.13 Å². The lowest BCUT2D eigenvalue weighted by Gasteiger charge is -2.26. The van der Waals surface area contributed by atoms with Gasteiger partial charge in [-0.15, -0.1) is 11.3 Å². The molecule has 2 rings (SSSR count). The molecular weight excluding hydrogens is 270 g/mol. The van der Waals surface area contributed by atoms with Gasteiger partial charge in [-0.05, 0) is 25.3 Å². The van der Waals surface area contributed by atoms with Crippen LogP contribution in [-0.4, -0.2) is 37.8 Å². The van der Waals surface area contributed by atoms with E-state index in [9.17, 15) is 0 Å². The first kappa shape index (κ1) is 15.7. The molecular formula is C15H27N3OS. The van der Waals surface area contributed by atoms with Crippen LogP contribution in [0, 0.1) is 0 Å². The second kappa shape index (κ2) is 7.96. The second-order valence-corrected chi connectivity index (χ2v) is 6.45. The molecule has 0 aromatic carbocycles. The number of nitrogens with zero attached hydrogens (tertiary/aromatic N) is 2. The van der Waals surface area contributed by atoms with Crippen molar-refractivity contribution < 1.29 is 4.74 Å². The summed E-state index contributed by atoms with van der Waals surface area (Å²) in [5.74, 6) is 0.541. The van der Waals surface area contributed by atoms with Crippen molar-refractivity contribution in [2.75, 3.05) is 37.7 Å². The van der Waals surface area contributed by atoms with Gasteiger partial charge >= 0.3 is 0 Å². The fraction of sp³-hybridized carbons (Fsp3) is 0.800. The van der Waals surface area contributed by atoms with E-state index in [1.165, 1.54) is 22.1 Å². The van der Waals surface area contributed by atoms with E-state index < -0.39 is 0 Å². The molecule has 5 heteroatoms. The van der Waals surface area contributed by atoms with Gasteiger partial charge in [-0.2, -0.15) is 0 Å². The van der Waals surface area contributed by atoms with Gasteiger partial charge in [-0.3, -0.25) is 0 Å². The SMILES string of the molecule is CCCNCc1sc(N2CCOCC2)nc1C(C)CC. The molecule has 0 radical (unpaired) electrons. The van der Waals surface area contributed by atoms with E-state index in [-0.39, 0.29) is 0 Å². The minimum atomic E-state index is 0.541. The van der Waals surface area contributed by atoms with Crippen molar-refractivity contribution in [2.24, 2.45) is 0 Å². The van der Waals surface area contributed by atoms with Crippen molar-refractivity contribution in [1.29, 1.82) is 0 Å². The highest BCUT2D eigenvalue weighted by Crippen LogP contribution is 2.32. The Morgan fingerprint density at radius 1 is 1.35 bits per heavy atom. The standard InChI is InChI=1S/C15H27N3OS/c1-4-6-16-11-13-14(12(3)5-2)17-15(20-13)18-7-9-19-10-8-18/h12,16H,4-11H2,1-3H3. The van der Waals surface area contributed by atoms with E-state index in [0.29, 0.717) is 5.92 Å². The molecule has 0 aliphatic carbocycles. The summed E-state index contributed by atoms with van der Waals surface area (Å²) < 4.78 is 5.43. The van der Waals surface area contributed by atoms with Crippen LogP contribution in [0.3, 0.4) is 0 Å². The van der Waals surface area contributed by atoms with Crippen molar-refractivity contribution >= 4 is 16.5 Å². The van der Waals surface area contributed by atoms with E-state index in [1.54, 1.807) is 0 Å². The highest BCUT2D eigenvalue weighted by atomic mass is 32.1. The fourth-order valence-electron chi connectivity index (χ4n) is 2.32. The molecule has 1 aliphatic rings. The van der Waals surface area contributed by atoms with Gasteiger partial charge < -0.3 is 15.0 Å². The lowest BCUT2D eigenvalue weighted by atomic mass is 10.0. The zero-order chi connectivity index (χ0) is 14.4. The third-order valence-corrected chi connectivity index (χ3v) is 4.92. The number of morpholine rings is 1. The van der Waals surface area contributed by atoms with Crippen molar-refractivity contribution in [3.8, 4) is 0 Å². The van der Waals surface area contributed by atoms with Crippen LogP contribution in [0.2, 0.25) is 0 Å². The summed E-state index contributed by atoms with van der Waals surface area (Å²) >= 11 is 1.86. The van der Waals surface area contributed by atoms with Gasteiger partial charge in [0.05, 0.1) is 18.9 Å². The Kier molecular flexibility index (Phi) is 6.26. The molecule has 1 unspecified atom stereocenters.